The first-order valence-corrected chi connectivity index (χ1v) is 6.55. The van der Waals surface area contributed by atoms with E-state index in [4.69, 9.17) is 5.73 Å². The Hall–Kier alpha value is -2.82. The Kier molecular flexibility index (Phi) is 4.56. The van der Waals surface area contributed by atoms with E-state index in [-0.39, 0.29) is 12.5 Å². The number of anilines is 2. The molecule has 4 N–H and O–H groups in total. The quantitative estimate of drug-likeness (QED) is 0.786. The first kappa shape index (κ1) is 14.6. The van der Waals surface area contributed by atoms with Crippen molar-refractivity contribution in [1.82, 2.24) is 0 Å². The molecule has 2 aromatic carbocycles. The standard InChI is InChI=1S/C16H17N3O2/c1-11-2-6-13(7-3-11)18-10-15(20)19-14-8-4-12(5-9-14)16(17)21/h2-9,18H,10H2,1H3,(H2,17,21)(H,19,20). The molecule has 5 heteroatoms. The fourth-order valence-corrected chi connectivity index (χ4v) is 1.78. The summed E-state index contributed by atoms with van der Waals surface area (Å²) in [4.78, 5) is 22.7. The fourth-order valence-electron chi connectivity index (χ4n) is 1.78. The lowest BCUT2D eigenvalue weighted by Crippen LogP contribution is -2.21. The first-order valence-electron chi connectivity index (χ1n) is 6.55. The molecule has 0 aromatic heterocycles. The molecule has 2 amide bonds. The van der Waals surface area contributed by atoms with Crippen LogP contribution in [0.4, 0.5) is 11.4 Å². The third-order valence-electron chi connectivity index (χ3n) is 2.96. The highest BCUT2D eigenvalue weighted by Gasteiger charge is 2.04. The highest BCUT2D eigenvalue weighted by molar-refractivity contribution is 5.96. The van der Waals surface area contributed by atoms with Gasteiger partial charge in [-0.1, -0.05) is 17.7 Å². The lowest BCUT2D eigenvalue weighted by atomic mass is 10.2. The minimum absolute atomic E-state index is 0.164. The van der Waals surface area contributed by atoms with E-state index in [1.54, 1.807) is 24.3 Å². The molecule has 0 saturated carbocycles. The lowest BCUT2D eigenvalue weighted by molar-refractivity contribution is -0.114. The molecule has 0 aliphatic rings. The highest BCUT2D eigenvalue weighted by Crippen LogP contribution is 2.10. The molecule has 0 bridgehead atoms. The van der Waals surface area contributed by atoms with Crippen molar-refractivity contribution < 1.29 is 9.59 Å². The molecule has 2 rings (SSSR count). The number of hydrogen-bond acceptors (Lipinski definition) is 3. The fraction of sp³-hybridized carbons (Fsp3) is 0.125. The van der Waals surface area contributed by atoms with Crippen LogP contribution >= 0.6 is 0 Å². The number of nitrogens with two attached hydrogens (primary N) is 1. The molecule has 0 atom stereocenters. The van der Waals surface area contributed by atoms with Gasteiger partial charge in [0.25, 0.3) is 0 Å². The maximum Gasteiger partial charge on any atom is 0.248 e. The second kappa shape index (κ2) is 6.56. The highest BCUT2D eigenvalue weighted by atomic mass is 16.2. The zero-order chi connectivity index (χ0) is 15.2. The number of carbonyl (C=O) groups is 2. The molecule has 0 fully saturated rings. The second-order valence-electron chi connectivity index (χ2n) is 4.71. The van der Waals surface area contributed by atoms with Crippen molar-refractivity contribution in [2.24, 2.45) is 5.73 Å². The summed E-state index contributed by atoms with van der Waals surface area (Å²) in [6.45, 7) is 2.17. The van der Waals surface area contributed by atoms with E-state index in [2.05, 4.69) is 10.6 Å². The van der Waals surface area contributed by atoms with Crippen LogP contribution in [0.15, 0.2) is 48.5 Å². The van der Waals surface area contributed by atoms with Gasteiger partial charge in [0.2, 0.25) is 11.8 Å². The van der Waals surface area contributed by atoms with Gasteiger partial charge in [-0.05, 0) is 43.3 Å². The summed E-state index contributed by atoms with van der Waals surface area (Å²) in [7, 11) is 0. The molecule has 0 unspecified atom stereocenters. The van der Waals surface area contributed by atoms with Crippen LogP contribution in [0.5, 0.6) is 0 Å². The van der Waals surface area contributed by atoms with Crippen LogP contribution in [0, 0.1) is 6.92 Å². The van der Waals surface area contributed by atoms with E-state index in [9.17, 15) is 9.59 Å². The van der Waals surface area contributed by atoms with Crippen molar-refractivity contribution in [3.63, 3.8) is 0 Å². The predicted molar refractivity (Wildman–Crippen MR) is 83.3 cm³/mol. The van der Waals surface area contributed by atoms with Crippen LogP contribution in [-0.2, 0) is 4.79 Å². The van der Waals surface area contributed by atoms with Gasteiger partial charge < -0.3 is 16.4 Å². The molecule has 108 valence electrons. The number of carbonyl (C=O) groups excluding carboxylic acids is 2. The number of amides is 2. The average molecular weight is 283 g/mol. The van der Waals surface area contributed by atoms with E-state index in [1.165, 1.54) is 5.56 Å². The minimum Gasteiger partial charge on any atom is -0.376 e. The molecular weight excluding hydrogens is 266 g/mol. The van der Waals surface area contributed by atoms with E-state index >= 15 is 0 Å². The van der Waals surface area contributed by atoms with Gasteiger partial charge in [-0.15, -0.1) is 0 Å². The maximum atomic E-state index is 11.8. The molecule has 2 aromatic rings. The molecule has 5 nitrogen and oxygen atoms in total. The number of aryl methyl sites for hydroxylation is 1. The summed E-state index contributed by atoms with van der Waals surface area (Å²) in [6, 6.07) is 14.2. The summed E-state index contributed by atoms with van der Waals surface area (Å²) in [5, 5.41) is 5.77. The third-order valence-corrected chi connectivity index (χ3v) is 2.96. The van der Waals surface area contributed by atoms with E-state index in [1.807, 2.05) is 31.2 Å². The van der Waals surface area contributed by atoms with E-state index in [0.29, 0.717) is 11.3 Å². The zero-order valence-electron chi connectivity index (χ0n) is 11.7. The average Bonchev–Trinajstić information content (AvgIpc) is 2.47. The van der Waals surface area contributed by atoms with Crippen LogP contribution < -0.4 is 16.4 Å². The SMILES string of the molecule is Cc1ccc(NCC(=O)Nc2ccc(C(N)=O)cc2)cc1. The maximum absolute atomic E-state index is 11.8. The van der Waals surface area contributed by atoms with Gasteiger partial charge in [-0.25, -0.2) is 0 Å². The van der Waals surface area contributed by atoms with Gasteiger partial charge >= 0.3 is 0 Å². The summed E-state index contributed by atoms with van der Waals surface area (Å²) in [5.41, 5.74) is 8.24. The molecular formula is C16H17N3O2. The van der Waals surface area contributed by atoms with Gasteiger partial charge in [-0.2, -0.15) is 0 Å². The van der Waals surface area contributed by atoms with Crippen LogP contribution in [0.2, 0.25) is 0 Å². The summed E-state index contributed by atoms with van der Waals surface area (Å²) < 4.78 is 0. The third kappa shape index (κ3) is 4.35. The molecule has 0 aliphatic carbocycles. The smallest absolute Gasteiger partial charge is 0.248 e. The van der Waals surface area contributed by atoms with Crippen molar-refractivity contribution in [3.05, 3.63) is 59.7 Å². The lowest BCUT2D eigenvalue weighted by Gasteiger charge is -2.08. The van der Waals surface area contributed by atoms with Crippen LogP contribution in [0.25, 0.3) is 0 Å². The Morgan fingerprint density at radius 3 is 2.10 bits per heavy atom. The predicted octanol–water partition coefficient (Wildman–Crippen LogP) is 2.14. The van der Waals surface area contributed by atoms with Crippen molar-refractivity contribution in [1.29, 1.82) is 0 Å². The number of nitrogens with one attached hydrogen (secondary N) is 2. The number of hydrogen-bond donors (Lipinski definition) is 3. The second-order valence-corrected chi connectivity index (χ2v) is 4.71. The molecule has 0 aliphatic heterocycles. The number of benzene rings is 2. The van der Waals surface area contributed by atoms with Gasteiger partial charge in [0, 0.05) is 16.9 Å². The zero-order valence-corrected chi connectivity index (χ0v) is 11.7. The largest absolute Gasteiger partial charge is 0.376 e. The number of rotatable bonds is 5. The van der Waals surface area contributed by atoms with Crippen LogP contribution in [0.3, 0.4) is 0 Å². The minimum atomic E-state index is -0.492. The van der Waals surface area contributed by atoms with Gasteiger partial charge in [-0.3, -0.25) is 9.59 Å². The number of primary amides is 1. The van der Waals surface area contributed by atoms with E-state index in [0.717, 1.165) is 5.69 Å². The molecule has 21 heavy (non-hydrogen) atoms. The Morgan fingerprint density at radius 2 is 1.52 bits per heavy atom. The summed E-state index contributed by atoms with van der Waals surface area (Å²) >= 11 is 0. The monoisotopic (exact) mass is 283 g/mol. The van der Waals surface area contributed by atoms with Gasteiger partial charge in [0.1, 0.15) is 0 Å². The topological polar surface area (TPSA) is 84.2 Å². The van der Waals surface area contributed by atoms with Gasteiger partial charge in [0.05, 0.1) is 6.54 Å². The summed E-state index contributed by atoms with van der Waals surface area (Å²) in [5.74, 6) is -0.656. The Morgan fingerprint density at radius 1 is 0.952 bits per heavy atom. The Bertz CT molecular complexity index is 634. The first-order chi connectivity index (χ1) is 10.0. The van der Waals surface area contributed by atoms with Crippen LogP contribution in [0.1, 0.15) is 15.9 Å². The van der Waals surface area contributed by atoms with Crippen molar-refractivity contribution >= 4 is 23.2 Å². The van der Waals surface area contributed by atoms with Gasteiger partial charge in [0.15, 0.2) is 0 Å². The summed E-state index contributed by atoms with van der Waals surface area (Å²) in [6.07, 6.45) is 0. The molecule has 0 radical (unpaired) electrons. The van der Waals surface area contributed by atoms with Crippen molar-refractivity contribution in [2.45, 2.75) is 6.92 Å². The van der Waals surface area contributed by atoms with Crippen molar-refractivity contribution in [3.8, 4) is 0 Å². The van der Waals surface area contributed by atoms with E-state index < -0.39 is 5.91 Å². The Balaban J connectivity index is 1.86. The normalized spacial score (nSPS) is 9.95. The molecule has 0 saturated heterocycles. The Labute approximate surface area is 123 Å². The van der Waals surface area contributed by atoms with Crippen molar-refractivity contribution in [2.75, 3.05) is 17.2 Å². The van der Waals surface area contributed by atoms with Crippen LogP contribution in [-0.4, -0.2) is 18.4 Å². The molecule has 0 spiro atoms. The molecule has 0 heterocycles.